The molecule has 2 heteroatoms. The van der Waals surface area contributed by atoms with Crippen molar-refractivity contribution in [1.82, 2.24) is 0 Å². The summed E-state index contributed by atoms with van der Waals surface area (Å²) in [5, 5.41) is 0. The Labute approximate surface area is 50.0 Å². The van der Waals surface area contributed by atoms with Crippen molar-refractivity contribution in [2.45, 2.75) is 6.42 Å². The summed E-state index contributed by atoms with van der Waals surface area (Å²) in [7, 11) is 1.74. The summed E-state index contributed by atoms with van der Waals surface area (Å²) < 4.78 is 4.94. The number of methoxy groups -OCH3 is 1. The molecule has 2 N–H and O–H groups in total. The lowest BCUT2D eigenvalue weighted by Gasteiger charge is -1.92. The molecule has 0 heterocycles. The predicted molar refractivity (Wildman–Crippen MR) is 32.5 cm³/mol. The van der Waals surface area contributed by atoms with Gasteiger partial charge in [0.05, 0.1) is 0 Å². The largest absolute Gasteiger partial charge is 0.384 e. The molecule has 48 valence electrons. The van der Waals surface area contributed by atoms with Gasteiger partial charge >= 0.3 is 0 Å². The van der Waals surface area contributed by atoms with Crippen LogP contribution in [0.4, 0.5) is 0 Å². The Bertz CT molecular complexity index is 74.9. The van der Waals surface area contributed by atoms with Crippen LogP contribution in [0.1, 0.15) is 6.42 Å². The molecule has 1 rings (SSSR count). The van der Waals surface area contributed by atoms with Crippen molar-refractivity contribution in [3.05, 3.63) is 0 Å². The van der Waals surface area contributed by atoms with Gasteiger partial charge in [-0.1, -0.05) is 0 Å². The third-order valence-corrected chi connectivity index (χ3v) is 1.75. The zero-order valence-corrected chi connectivity index (χ0v) is 5.26. The fraction of sp³-hybridized carbons (Fsp3) is 1.00. The highest BCUT2D eigenvalue weighted by molar-refractivity contribution is 4.86. The summed E-state index contributed by atoms with van der Waals surface area (Å²) in [6.45, 7) is 1.75. The Morgan fingerprint density at radius 1 is 1.62 bits per heavy atom. The van der Waals surface area contributed by atoms with E-state index in [2.05, 4.69) is 0 Å². The highest BCUT2D eigenvalue weighted by Gasteiger charge is 2.34. The number of nitrogens with two attached hydrogens (primary N) is 1. The molecule has 0 aromatic heterocycles. The van der Waals surface area contributed by atoms with Crippen LogP contribution < -0.4 is 5.73 Å². The second-order valence-corrected chi connectivity index (χ2v) is 2.45. The Morgan fingerprint density at radius 3 is 2.75 bits per heavy atom. The van der Waals surface area contributed by atoms with Crippen LogP contribution in [0.25, 0.3) is 0 Å². The fourth-order valence-corrected chi connectivity index (χ4v) is 1.02. The number of hydrogen-bond donors (Lipinski definition) is 1. The first kappa shape index (κ1) is 6.05. The lowest BCUT2D eigenvalue weighted by atomic mass is 10.3. The zero-order valence-electron chi connectivity index (χ0n) is 5.26. The average Bonchev–Trinajstić information content (AvgIpc) is 2.48. The van der Waals surface area contributed by atoms with Gasteiger partial charge in [0.2, 0.25) is 0 Å². The lowest BCUT2D eigenvalue weighted by molar-refractivity contribution is 0.181. The van der Waals surface area contributed by atoms with Crippen LogP contribution in [0.2, 0.25) is 0 Å². The Morgan fingerprint density at radius 2 is 2.38 bits per heavy atom. The second-order valence-electron chi connectivity index (χ2n) is 2.45. The monoisotopic (exact) mass is 115 g/mol. The van der Waals surface area contributed by atoms with Crippen molar-refractivity contribution in [3.8, 4) is 0 Å². The first-order chi connectivity index (χ1) is 3.88. The number of ether oxygens (including phenoxy) is 1. The van der Waals surface area contributed by atoms with Crippen LogP contribution in [0.5, 0.6) is 0 Å². The van der Waals surface area contributed by atoms with E-state index in [1.165, 1.54) is 6.42 Å². The van der Waals surface area contributed by atoms with Crippen LogP contribution >= 0.6 is 0 Å². The van der Waals surface area contributed by atoms with Gasteiger partial charge in [0.15, 0.2) is 0 Å². The smallest absolute Gasteiger partial charge is 0.0493 e. The van der Waals surface area contributed by atoms with Crippen molar-refractivity contribution < 1.29 is 4.74 Å². The highest BCUT2D eigenvalue weighted by atomic mass is 16.5. The standard InChI is InChI=1S/C6H13NO/c1-8-4-6-2-5(6)3-7/h5-6H,2-4,7H2,1H3/t5-,6+/m1/s1. The van der Waals surface area contributed by atoms with Gasteiger partial charge in [-0.25, -0.2) is 0 Å². The fourth-order valence-electron chi connectivity index (χ4n) is 1.02. The van der Waals surface area contributed by atoms with Gasteiger partial charge in [0, 0.05) is 13.7 Å². The first-order valence-corrected chi connectivity index (χ1v) is 3.07. The van der Waals surface area contributed by atoms with Gasteiger partial charge in [-0.2, -0.15) is 0 Å². The van der Waals surface area contributed by atoms with Gasteiger partial charge in [-0.05, 0) is 24.8 Å². The lowest BCUT2D eigenvalue weighted by Crippen LogP contribution is -2.04. The van der Waals surface area contributed by atoms with Gasteiger partial charge in [-0.15, -0.1) is 0 Å². The topological polar surface area (TPSA) is 35.2 Å². The molecule has 2 atom stereocenters. The Balaban J connectivity index is 1.99. The summed E-state index contributed by atoms with van der Waals surface area (Å²) in [5.74, 6) is 1.56. The third kappa shape index (κ3) is 1.20. The Kier molecular flexibility index (Phi) is 1.86. The van der Waals surface area contributed by atoms with Crippen molar-refractivity contribution in [2.24, 2.45) is 17.6 Å². The summed E-state index contributed by atoms with van der Waals surface area (Å²) in [6.07, 6.45) is 1.28. The van der Waals surface area contributed by atoms with Gasteiger partial charge in [-0.3, -0.25) is 0 Å². The minimum atomic E-state index is 0.773. The molecule has 0 amide bonds. The van der Waals surface area contributed by atoms with Crippen LogP contribution in [-0.4, -0.2) is 20.3 Å². The van der Waals surface area contributed by atoms with Gasteiger partial charge in [0.1, 0.15) is 0 Å². The summed E-state index contributed by atoms with van der Waals surface area (Å²) in [4.78, 5) is 0. The molecule has 0 unspecified atom stereocenters. The van der Waals surface area contributed by atoms with E-state index in [0.717, 1.165) is 25.0 Å². The maximum atomic E-state index is 5.40. The second kappa shape index (κ2) is 2.46. The molecule has 8 heavy (non-hydrogen) atoms. The molecule has 0 bridgehead atoms. The quantitative estimate of drug-likeness (QED) is 0.571. The van der Waals surface area contributed by atoms with E-state index >= 15 is 0 Å². The van der Waals surface area contributed by atoms with E-state index in [1.54, 1.807) is 7.11 Å². The minimum absolute atomic E-state index is 0.773. The SMILES string of the molecule is COC[C@@H]1C[C@@H]1CN. The summed E-state index contributed by atoms with van der Waals surface area (Å²) in [6, 6.07) is 0. The van der Waals surface area contributed by atoms with E-state index < -0.39 is 0 Å². The molecular weight excluding hydrogens is 102 g/mol. The van der Waals surface area contributed by atoms with E-state index in [4.69, 9.17) is 10.5 Å². The highest BCUT2D eigenvalue weighted by Crippen LogP contribution is 2.36. The zero-order chi connectivity index (χ0) is 5.98. The van der Waals surface area contributed by atoms with E-state index in [0.29, 0.717) is 0 Å². The maximum absolute atomic E-state index is 5.40. The number of hydrogen-bond acceptors (Lipinski definition) is 2. The normalized spacial score (nSPS) is 35.2. The average molecular weight is 115 g/mol. The summed E-state index contributed by atoms with van der Waals surface area (Å²) >= 11 is 0. The molecule has 0 aromatic rings. The Hall–Kier alpha value is -0.0800. The van der Waals surface area contributed by atoms with Crippen molar-refractivity contribution in [3.63, 3.8) is 0 Å². The number of rotatable bonds is 3. The van der Waals surface area contributed by atoms with Gasteiger partial charge in [0.25, 0.3) is 0 Å². The molecule has 1 fully saturated rings. The first-order valence-electron chi connectivity index (χ1n) is 3.07. The molecule has 1 aliphatic rings. The molecular formula is C6H13NO. The van der Waals surface area contributed by atoms with Crippen LogP contribution in [-0.2, 0) is 4.74 Å². The van der Waals surface area contributed by atoms with E-state index in [1.807, 2.05) is 0 Å². The molecule has 2 nitrogen and oxygen atoms in total. The third-order valence-electron chi connectivity index (χ3n) is 1.75. The van der Waals surface area contributed by atoms with Crippen LogP contribution in [0, 0.1) is 11.8 Å². The van der Waals surface area contributed by atoms with Crippen molar-refractivity contribution >= 4 is 0 Å². The van der Waals surface area contributed by atoms with Crippen LogP contribution in [0.3, 0.4) is 0 Å². The molecule has 0 saturated heterocycles. The van der Waals surface area contributed by atoms with E-state index in [9.17, 15) is 0 Å². The molecule has 0 aromatic carbocycles. The van der Waals surface area contributed by atoms with Gasteiger partial charge < -0.3 is 10.5 Å². The molecule has 1 aliphatic carbocycles. The molecule has 0 radical (unpaired) electrons. The minimum Gasteiger partial charge on any atom is -0.384 e. The van der Waals surface area contributed by atoms with E-state index in [-0.39, 0.29) is 0 Å². The predicted octanol–water partition coefficient (Wildman–Crippen LogP) is 0.228. The van der Waals surface area contributed by atoms with Crippen LogP contribution in [0.15, 0.2) is 0 Å². The molecule has 0 aliphatic heterocycles. The molecule has 0 spiro atoms. The summed E-state index contributed by atoms with van der Waals surface area (Å²) in [5.41, 5.74) is 5.40. The maximum Gasteiger partial charge on any atom is 0.0493 e. The molecule has 1 saturated carbocycles. The van der Waals surface area contributed by atoms with Crippen molar-refractivity contribution in [1.29, 1.82) is 0 Å². The van der Waals surface area contributed by atoms with Crippen molar-refractivity contribution in [2.75, 3.05) is 20.3 Å².